The molecule has 110 valence electrons. The molecule has 0 saturated carbocycles. The number of ether oxygens (including phenoxy) is 2. The van der Waals surface area contributed by atoms with Crippen LogP contribution >= 0.6 is 0 Å². The second kappa shape index (κ2) is 5.26. The molecule has 0 bridgehead atoms. The van der Waals surface area contributed by atoms with E-state index in [9.17, 15) is 8.42 Å². The van der Waals surface area contributed by atoms with Gasteiger partial charge in [0.2, 0.25) is 0 Å². The van der Waals surface area contributed by atoms with Crippen LogP contribution < -0.4 is 14.8 Å². The van der Waals surface area contributed by atoms with Crippen molar-refractivity contribution in [1.82, 2.24) is 5.32 Å². The molecule has 5 nitrogen and oxygen atoms in total. The SMILES string of the molecule is CS(=O)(=O)c1cc2c(cc1C1CCCCN1)OCCO2. The minimum Gasteiger partial charge on any atom is -0.486 e. The number of benzene rings is 1. The van der Waals surface area contributed by atoms with E-state index < -0.39 is 9.84 Å². The van der Waals surface area contributed by atoms with Gasteiger partial charge in [0, 0.05) is 18.4 Å². The maximum absolute atomic E-state index is 12.1. The van der Waals surface area contributed by atoms with Gasteiger partial charge in [-0.3, -0.25) is 0 Å². The summed E-state index contributed by atoms with van der Waals surface area (Å²) in [5.41, 5.74) is 0.802. The van der Waals surface area contributed by atoms with Crippen LogP contribution in [0.3, 0.4) is 0 Å². The van der Waals surface area contributed by atoms with Crippen molar-refractivity contribution in [3.05, 3.63) is 17.7 Å². The fourth-order valence-corrected chi connectivity index (χ4v) is 3.75. The van der Waals surface area contributed by atoms with Gasteiger partial charge in [-0.05, 0) is 31.0 Å². The van der Waals surface area contributed by atoms with E-state index >= 15 is 0 Å². The molecule has 0 aromatic heterocycles. The van der Waals surface area contributed by atoms with Crippen LogP contribution in [0.1, 0.15) is 30.9 Å². The van der Waals surface area contributed by atoms with Crippen molar-refractivity contribution in [2.75, 3.05) is 26.0 Å². The maximum atomic E-state index is 12.1. The van der Waals surface area contributed by atoms with Crippen molar-refractivity contribution in [1.29, 1.82) is 0 Å². The Morgan fingerprint density at radius 3 is 2.45 bits per heavy atom. The third kappa shape index (κ3) is 2.62. The van der Waals surface area contributed by atoms with Gasteiger partial charge in [0.05, 0.1) is 4.90 Å². The zero-order valence-electron chi connectivity index (χ0n) is 11.5. The summed E-state index contributed by atoms with van der Waals surface area (Å²) in [6.45, 7) is 1.88. The van der Waals surface area contributed by atoms with Crippen LogP contribution in [0.4, 0.5) is 0 Å². The lowest BCUT2D eigenvalue weighted by molar-refractivity contribution is 0.170. The summed E-state index contributed by atoms with van der Waals surface area (Å²) in [6, 6.07) is 3.51. The van der Waals surface area contributed by atoms with E-state index in [1.807, 2.05) is 6.07 Å². The third-order valence-electron chi connectivity index (χ3n) is 3.76. The molecule has 1 unspecified atom stereocenters. The minimum atomic E-state index is -3.29. The summed E-state index contributed by atoms with van der Waals surface area (Å²) in [7, 11) is -3.29. The summed E-state index contributed by atoms with van der Waals surface area (Å²) in [6.07, 6.45) is 4.43. The quantitative estimate of drug-likeness (QED) is 0.899. The number of sulfone groups is 1. The van der Waals surface area contributed by atoms with Gasteiger partial charge in [-0.25, -0.2) is 8.42 Å². The smallest absolute Gasteiger partial charge is 0.175 e. The molecule has 2 aliphatic heterocycles. The predicted octanol–water partition coefficient (Wildman–Crippen LogP) is 1.68. The molecule has 1 N–H and O–H groups in total. The number of rotatable bonds is 2. The van der Waals surface area contributed by atoms with Gasteiger partial charge in [-0.1, -0.05) is 6.42 Å². The molecule has 0 aliphatic carbocycles. The highest BCUT2D eigenvalue weighted by Gasteiger charge is 2.26. The van der Waals surface area contributed by atoms with Crippen LogP contribution in [0.2, 0.25) is 0 Å². The fraction of sp³-hybridized carbons (Fsp3) is 0.571. The highest BCUT2D eigenvalue weighted by Crippen LogP contribution is 2.39. The molecule has 0 radical (unpaired) electrons. The molecule has 1 saturated heterocycles. The summed E-state index contributed by atoms with van der Waals surface area (Å²) < 4.78 is 35.2. The molecular formula is C14H19NO4S. The number of hydrogen-bond acceptors (Lipinski definition) is 5. The monoisotopic (exact) mass is 297 g/mol. The first kappa shape index (κ1) is 13.7. The van der Waals surface area contributed by atoms with Crippen LogP contribution in [-0.2, 0) is 9.84 Å². The van der Waals surface area contributed by atoms with E-state index in [2.05, 4.69) is 5.32 Å². The molecule has 1 aromatic carbocycles. The van der Waals surface area contributed by atoms with Gasteiger partial charge in [0.15, 0.2) is 21.3 Å². The van der Waals surface area contributed by atoms with Crippen LogP contribution in [0.5, 0.6) is 11.5 Å². The Labute approximate surface area is 119 Å². The van der Waals surface area contributed by atoms with Crippen LogP contribution in [0.25, 0.3) is 0 Å². The van der Waals surface area contributed by atoms with Crippen molar-refractivity contribution >= 4 is 9.84 Å². The lowest BCUT2D eigenvalue weighted by atomic mass is 9.97. The van der Waals surface area contributed by atoms with E-state index in [1.54, 1.807) is 6.07 Å². The van der Waals surface area contributed by atoms with Crippen molar-refractivity contribution in [3.8, 4) is 11.5 Å². The van der Waals surface area contributed by atoms with E-state index in [0.29, 0.717) is 29.6 Å². The molecular weight excluding hydrogens is 278 g/mol. The number of hydrogen-bond donors (Lipinski definition) is 1. The average Bonchev–Trinajstić information content (AvgIpc) is 2.46. The van der Waals surface area contributed by atoms with Crippen molar-refractivity contribution in [2.24, 2.45) is 0 Å². The normalized spacial score (nSPS) is 22.6. The van der Waals surface area contributed by atoms with Crippen molar-refractivity contribution in [3.63, 3.8) is 0 Å². The molecule has 2 aliphatic rings. The number of nitrogens with one attached hydrogen (secondary N) is 1. The molecule has 3 rings (SSSR count). The summed E-state index contributed by atoms with van der Waals surface area (Å²) in [5.74, 6) is 1.17. The molecule has 6 heteroatoms. The van der Waals surface area contributed by atoms with E-state index in [1.165, 1.54) is 6.26 Å². The highest BCUT2D eigenvalue weighted by atomic mass is 32.2. The van der Waals surface area contributed by atoms with Gasteiger partial charge in [0.1, 0.15) is 13.2 Å². The van der Waals surface area contributed by atoms with Gasteiger partial charge in [-0.15, -0.1) is 0 Å². The Kier molecular flexibility index (Phi) is 3.60. The van der Waals surface area contributed by atoms with Gasteiger partial charge < -0.3 is 14.8 Å². The standard InChI is InChI=1S/C14H19NO4S/c1-20(16,17)14-9-13-12(18-6-7-19-13)8-10(14)11-4-2-3-5-15-11/h8-9,11,15H,2-7H2,1H3. The van der Waals surface area contributed by atoms with Gasteiger partial charge in [-0.2, -0.15) is 0 Å². The molecule has 1 aromatic rings. The fourth-order valence-electron chi connectivity index (χ4n) is 2.80. The summed E-state index contributed by atoms with van der Waals surface area (Å²) in [4.78, 5) is 0.348. The van der Waals surface area contributed by atoms with Crippen LogP contribution in [0.15, 0.2) is 17.0 Å². The molecule has 1 atom stereocenters. The van der Waals surface area contributed by atoms with Gasteiger partial charge >= 0.3 is 0 Å². The second-order valence-corrected chi connectivity index (χ2v) is 7.29. The second-order valence-electron chi connectivity index (χ2n) is 5.31. The molecule has 20 heavy (non-hydrogen) atoms. The number of piperidine rings is 1. The Morgan fingerprint density at radius 1 is 1.15 bits per heavy atom. The lowest BCUT2D eigenvalue weighted by Crippen LogP contribution is -2.28. The van der Waals surface area contributed by atoms with E-state index in [-0.39, 0.29) is 6.04 Å². The molecule has 0 spiro atoms. The Morgan fingerprint density at radius 2 is 1.85 bits per heavy atom. The average molecular weight is 297 g/mol. The largest absolute Gasteiger partial charge is 0.486 e. The van der Waals surface area contributed by atoms with Crippen LogP contribution in [0, 0.1) is 0 Å². The minimum absolute atomic E-state index is 0.0734. The Balaban J connectivity index is 2.09. The van der Waals surface area contributed by atoms with E-state index in [0.717, 1.165) is 31.4 Å². The van der Waals surface area contributed by atoms with Crippen molar-refractivity contribution < 1.29 is 17.9 Å². The first-order chi connectivity index (χ1) is 9.55. The maximum Gasteiger partial charge on any atom is 0.175 e. The number of fused-ring (bicyclic) bond motifs is 1. The molecule has 1 fully saturated rings. The topological polar surface area (TPSA) is 64.6 Å². The zero-order valence-corrected chi connectivity index (χ0v) is 12.3. The Hall–Kier alpha value is -1.27. The van der Waals surface area contributed by atoms with Crippen molar-refractivity contribution in [2.45, 2.75) is 30.2 Å². The summed E-state index contributed by atoms with van der Waals surface area (Å²) >= 11 is 0. The predicted molar refractivity (Wildman–Crippen MR) is 75.1 cm³/mol. The van der Waals surface area contributed by atoms with E-state index in [4.69, 9.17) is 9.47 Å². The first-order valence-corrected chi connectivity index (χ1v) is 8.82. The third-order valence-corrected chi connectivity index (χ3v) is 4.91. The van der Waals surface area contributed by atoms with Crippen LogP contribution in [-0.4, -0.2) is 34.4 Å². The molecule has 0 amide bonds. The van der Waals surface area contributed by atoms with Gasteiger partial charge in [0.25, 0.3) is 0 Å². The molecule has 2 heterocycles. The first-order valence-electron chi connectivity index (χ1n) is 6.93. The zero-order chi connectivity index (χ0) is 14.2. The highest BCUT2D eigenvalue weighted by molar-refractivity contribution is 7.90. The Bertz CT molecular complexity index is 606. The summed E-state index contributed by atoms with van der Waals surface area (Å²) in [5, 5.41) is 3.39. The lowest BCUT2D eigenvalue weighted by Gasteiger charge is -2.27.